The third-order valence-corrected chi connectivity index (χ3v) is 18.1. The quantitative estimate of drug-likeness (QED) is 0.127. The van der Waals surface area contributed by atoms with Gasteiger partial charge in [-0.1, -0.05) is 27.7 Å². The van der Waals surface area contributed by atoms with Gasteiger partial charge in [-0.25, -0.2) is 0 Å². The van der Waals surface area contributed by atoms with Crippen molar-refractivity contribution in [1.82, 2.24) is 0 Å². The minimum Gasteiger partial charge on any atom is -0.463 e. The standard InChI is InChI=1S/C53H78O20/c1-25-14-19-53(63-22-25)26(2)42-39(73-53)21-38-36-13-12-34-20-35(15-17-51(34,10)37(36)16-18-52(38,42)11)69-49-47(67-32(8)59)46(66-31(7)58)44(41(70-49)24-62-28(4)55)72-50-48(68-33(9)60)45(65-30(6)57)43(64-29(5)56)40(71-50)23-61-27(3)54/h25-26,34-50H,12-24H2,1-11H3. The minimum atomic E-state index is -1.78. The van der Waals surface area contributed by atoms with E-state index in [2.05, 4.69) is 27.7 Å². The zero-order chi connectivity index (χ0) is 52.9. The lowest BCUT2D eigenvalue weighted by atomic mass is 9.44. The number of esters is 7. The number of hydrogen-bond donors (Lipinski definition) is 0. The van der Waals surface area contributed by atoms with E-state index in [9.17, 15) is 33.6 Å². The Labute approximate surface area is 427 Å². The van der Waals surface area contributed by atoms with E-state index < -0.39 is 122 Å². The van der Waals surface area contributed by atoms with Crippen LogP contribution in [0.1, 0.15) is 140 Å². The summed E-state index contributed by atoms with van der Waals surface area (Å²) in [6.45, 7) is 17.2. The maximum absolute atomic E-state index is 13.1. The van der Waals surface area contributed by atoms with Crippen molar-refractivity contribution in [3.05, 3.63) is 0 Å². The van der Waals surface area contributed by atoms with Crippen LogP contribution in [0, 0.1) is 52.3 Å². The second-order valence-electron chi connectivity index (χ2n) is 22.9. The molecule has 8 aliphatic rings. The monoisotopic (exact) mass is 1030 g/mol. The van der Waals surface area contributed by atoms with E-state index in [4.69, 9.17) is 61.6 Å². The number of hydrogen-bond acceptors (Lipinski definition) is 20. The molecule has 0 aromatic carbocycles. The Morgan fingerprint density at radius 1 is 0.521 bits per heavy atom. The van der Waals surface area contributed by atoms with Crippen LogP contribution >= 0.6 is 0 Å². The average Bonchev–Trinajstić information content (AvgIpc) is 3.75. The molecule has 4 saturated carbocycles. The molecule has 0 bridgehead atoms. The van der Waals surface area contributed by atoms with Crippen molar-refractivity contribution >= 4 is 41.8 Å². The summed E-state index contributed by atoms with van der Waals surface area (Å²) in [5.74, 6) is -2.67. The van der Waals surface area contributed by atoms with Crippen molar-refractivity contribution in [2.75, 3.05) is 19.8 Å². The lowest BCUT2D eigenvalue weighted by Gasteiger charge is -2.61. The van der Waals surface area contributed by atoms with Crippen molar-refractivity contribution in [1.29, 1.82) is 0 Å². The molecule has 0 aromatic heterocycles. The molecular formula is C53H78O20. The molecule has 8 rings (SSSR count). The van der Waals surface area contributed by atoms with Crippen LogP contribution in [0.2, 0.25) is 0 Å². The smallest absolute Gasteiger partial charge is 0.303 e. The predicted molar refractivity (Wildman–Crippen MR) is 250 cm³/mol. The van der Waals surface area contributed by atoms with Crippen LogP contribution in [0.3, 0.4) is 0 Å². The molecule has 0 amide bonds. The summed E-state index contributed by atoms with van der Waals surface area (Å²) in [7, 11) is 0. The minimum absolute atomic E-state index is 0.0577. The van der Waals surface area contributed by atoms with E-state index in [1.54, 1.807) is 0 Å². The van der Waals surface area contributed by atoms with Crippen LogP contribution in [0.15, 0.2) is 0 Å². The van der Waals surface area contributed by atoms with Crippen LogP contribution in [0.5, 0.6) is 0 Å². The van der Waals surface area contributed by atoms with Gasteiger partial charge in [-0.05, 0) is 104 Å². The van der Waals surface area contributed by atoms with Gasteiger partial charge in [0.1, 0.15) is 31.5 Å². The molecule has 20 heteroatoms. The number of carbonyl (C=O) groups excluding carboxylic acids is 7. The molecule has 4 heterocycles. The summed E-state index contributed by atoms with van der Waals surface area (Å²) in [4.78, 5) is 88.3. The molecule has 1 spiro atoms. The fraction of sp³-hybridized carbons (Fsp3) is 0.868. The molecule has 22 atom stereocenters. The topological polar surface area (TPSA) is 239 Å². The van der Waals surface area contributed by atoms with Crippen molar-refractivity contribution in [3.8, 4) is 0 Å². The summed E-state index contributed by atoms with van der Waals surface area (Å²) < 4.78 is 79.2. The van der Waals surface area contributed by atoms with Crippen LogP contribution in [-0.4, -0.2) is 141 Å². The predicted octanol–water partition coefficient (Wildman–Crippen LogP) is 5.44. The molecule has 0 radical (unpaired) electrons. The first-order valence-corrected chi connectivity index (χ1v) is 26.5. The highest BCUT2D eigenvalue weighted by Crippen LogP contribution is 2.71. The van der Waals surface area contributed by atoms with E-state index in [-0.39, 0.29) is 23.0 Å². The molecule has 22 unspecified atom stereocenters. The summed E-state index contributed by atoms with van der Waals surface area (Å²) in [6, 6.07) is 0. The molecule has 73 heavy (non-hydrogen) atoms. The van der Waals surface area contributed by atoms with Crippen molar-refractivity contribution in [2.24, 2.45) is 52.3 Å². The van der Waals surface area contributed by atoms with Gasteiger partial charge in [-0.2, -0.15) is 0 Å². The third-order valence-electron chi connectivity index (χ3n) is 18.1. The van der Waals surface area contributed by atoms with E-state index in [0.717, 1.165) is 92.6 Å². The van der Waals surface area contributed by atoms with Gasteiger partial charge in [-0.3, -0.25) is 33.6 Å². The van der Waals surface area contributed by atoms with Gasteiger partial charge in [-0.15, -0.1) is 0 Å². The highest BCUT2D eigenvalue weighted by molar-refractivity contribution is 5.69. The molecule has 4 aliphatic heterocycles. The Bertz CT molecular complexity index is 2070. The summed E-state index contributed by atoms with van der Waals surface area (Å²) in [6.07, 6.45) is -5.52. The summed E-state index contributed by atoms with van der Waals surface area (Å²) >= 11 is 0. The Morgan fingerprint density at radius 2 is 1.04 bits per heavy atom. The fourth-order valence-electron chi connectivity index (χ4n) is 15.1. The summed E-state index contributed by atoms with van der Waals surface area (Å²) in [5.41, 5.74) is 0.242. The third kappa shape index (κ3) is 11.3. The second-order valence-corrected chi connectivity index (χ2v) is 22.9. The highest BCUT2D eigenvalue weighted by Gasteiger charge is 2.69. The van der Waals surface area contributed by atoms with Gasteiger partial charge >= 0.3 is 41.8 Å². The SMILES string of the molecule is CC(=O)OCC1OC(OC2C(COC(C)=O)OC(OC3CCC4(C)C(CCC5C4CCC4(C)C5CC5OC6(CCC(C)CO6)C(C)C54)C3)C(OC(C)=O)C2OC(C)=O)C(OC(C)=O)C(OC(C)=O)C1OC(C)=O. The van der Waals surface area contributed by atoms with Crippen LogP contribution < -0.4 is 0 Å². The molecule has 20 nitrogen and oxygen atoms in total. The van der Waals surface area contributed by atoms with E-state index >= 15 is 0 Å². The largest absolute Gasteiger partial charge is 0.463 e. The molecular weight excluding hydrogens is 957 g/mol. The Kier molecular flexibility index (Phi) is 16.6. The van der Waals surface area contributed by atoms with Gasteiger partial charge < -0.3 is 61.6 Å². The lowest BCUT2D eigenvalue weighted by molar-refractivity contribution is -0.365. The average molecular weight is 1040 g/mol. The number of rotatable bonds is 13. The van der Waals surface area contributed by atoms with E-state index in [0.29, 0.717) is 54.3 Å². The zero-order valence-electron chi connectivity index (χ0n) is 44.3. The van der Waals surface area contributed by atoms with Gasteiger partial charge in [0.25, 0.3) is 0 Å². The normalized spacial score (nSPS) is 44.7. The lowest BCUT2D eigenvalue weighted by Crippen LogP contribution is -2.67. The van der Waals surface area contributed by atoms with Crippen molar-refractivity contribution in [3.63, 3.8) is 0 Å². The molecule has 0 N–H and O–H groups in total. The fourth-order valence-corrected chi connectivity index (χ4v) is 15.1. The van der Waals surface area contributed by atoms with Crippen molar-refractivity contribution in [2.45, 2.75) is 220 Å². The zero-order valence-corrected chi connectivity index (χ0v) is 44.3. The Morgan fingerprint density at radius 3 is 1.59 bits per heavy atom. The second kappa shape index (κ2) is 22.0. The molecule has 4 saturated heterocycles. The summed E-state index contributed by atoms with van der Waals surface area (Å²) in [5, 5.41) is 0. The number of fused-ring (bicyclic) bond motifs is 7. The molecule has 0 aromatic rings. The van der Waals surface area contributed by atoms with Gasteiger partial charge in [0, 0.05) is 60.8 Å². The van der Waals surface area contributed by atoms with E-state index in [1.165, 1.54) is 13.8 Å². The highest BCUT2D eigenvalue weighted by atomic mass is 16.8. The number of ether oxygens (including phenoxy) is 13. The first kappa shape index (κ1) is 55.3. The van der Waals surface area contributed by atoms with Gasteiger partial charge in [0.05, 0.1) is 18.8 Å². The van der Waals surface area contributed by atoms with Gasteiger partial charge in [0.2, 0.25) is 0 Å². The van der Waals surface area contributed by atoms with Gasteiger partial charge in [0.15, 0.2) is 48.9 Å². The molecule has 8 fully saturated rings. The first-order valence-electron chi connectivity index (χ1n) is 26.5. The van der Waals surface area contributed by atoms with E-state index in [1.807, 2.05) is 0 Å². The Hall–Kier alpha value is -3.95. The first-order chi connectivity index (χ1) is 34.4. The van der Waals surface area contributed by atoms with Crippen LogP contribution in [0.25, 0.3) is 0 Å². The maximum atomic E-state index is 13.1. The van der Waals surface area contributed by atoms with Crippen LogP contribution in [-0.2, 0) is 95.1 Å². The maximum Gasteiger partial charge on any atom is 0.303 e. The molecule has 4 aliphatic carbocycles. The van der Waals surface area contributed by atoms with Crippen LogP contribution in [0.4, 0.5) is 0 Å². The Balaban J connectivity index is 1.03. The molecule has 410 valence electrons. The van der Waals surface area contributed by atoms with Crippen molar-refractivity contribution < 1.29 is 95.1 Å². The number of carbonyl (C=O) groups is 7.